The van der Waals surface area contributed by atoms with Gasteiger partial charge in [0.25, 0.3) is 0 Å². The number of carboxylic acid groups (broad SMARTS) is 1. The van der Waals surface area contributed by atoms with Gasteiger partial charge in [-0.25, -0.2) is 0 Å². The molecule has 0 aromatic carbocycles. The number of hydrogen-bond acceptors (Lipinski definition) is 7. The van der Waals surface area contributed by atoms with Crippen molar-refractivity contribution < 1.29 is 38.2 Å². The van der Waals surface area contributed by atoms with Gasteiger partial charge in [0.15, 0.2) is 6.10 Å². The number of unbranched alkanes of at least 4 members (excludes halogenated alkanes) is 13. The van der Waals surface area contributed by atoms with Crippen molar-refractivity contribution in [3.63, 3.8) is 0 Å². The third-order valence-corrected chi connectivity index (χ3v) is 10.5. The van der Waals surface area contributed by atoms with Crippen LogP contribution in [0.5, 0.6) is 0 Å². The molecule has 358 valence electrons. The van der Waals surface area contributed by atoms with E-state index in [9.17, 15) is 19.5 Å². The van der Waals surface area contributed by atoms with Crippen LogP contribution in [0.1, 0.15) is 181 Å². The molecule has 0 aliphatic rings. The maximum atomic E-state index is 12.8. The van der Waals surface area contributed by atoms with Crippen molar-refractivity contribution in [3.05, 3.63) is 97.2 Å². The third kappa shape index (κ3) is 43.3. The zero-order chi connectivity index (χ0) is 46.3. The minimum Gasteiger partial charge on any atom is -0.544 e. The molecule has 0 rings (SSSR count). The van der Waals surface area contributed by atoms with Crippen LogP contribution in [-0.2, 0) is 28.6 Å². The topological polar surface area (TPSA) is 102 Å². The molecular weight excluding hydrogens is 787 g/mol. The fraction of sp³-hybridized carbons (Fsp3) is 0.655. The van der Waals surface area contributed by atoms with Gasteiger partial charge in [-0.05, 0) is 89.9 Å². The Balaban J connectivity index is 4.34. The summed E-state index contributed by atoms with van der Waals surface area (Å²) in [6.45, 7) is 4.40. The molecule has 0 aliphatic heterocycles. The average molecular weight is 878 g/mol. The standard InChI is InChI=1S/C55H91NO7/c1-6-8-10-12-14-16-18-20-22-24-26-28-30-32-34-36-38-40-42-44-46-54(58)63-51(49-61-48-47-52(55(59)60)56(3,4)5)50-62-53(57)45-43-41-39-37-35-33-31-29-27-25-23-21-19-17-15-13-11-9-7-2/h8-11,14-17,20-23,26-29,51-52H,6-7,12-13,18-19,24-25,30-50H2,1-5H3/b10-8+,11-9+,16-14+,17-15+,22-20+,23-21+,28-26+,29-27+. The van der Waals surface area contributed by atoms with Gasteiger partial charge in [0.1, 0.15) is 12.6 Å². The van der Waals surface area contributed by atoms with Crippen LogP contribution < -0.4 is 5.11 Å². The van der Waals surface area contributed by atoms with E-state index in [0.717, 1.165) is 116 Å². The number of carbonyl (C=O) groups excluding carboxylic acids is 3. The van der Waals surface area contributed by atoms with Gasteiger partial charge in [-0.3, -0.25) is 9.59 Å². The number of quaternary nitrogens is 1. The van der Waals surface area contributed by atoms with Gasteiger partial charge in [-0.1, -0.05) is 169 Å². The number of aliphatic carboxylic acids is 1. The predicted octanol–water partition coefficient (Wildman–Crippen LogP) is 12.9. The maximum absolute atomic E-state index is 12.8. The summed E-state index contributed by atoms with van der Waals surface area (Å²) in [5.41, 5.74) is 0. The van der Waals surface area contributed by atoms with Crippen molar-refractivity contribution in [2.24, 2.45) is 0 Å². The lowest BCUT2D eigenvalue weighted by atomic mass is 10.1. The van der Waals surface area contributed by atoms with Crippen LogP contribution in [0.2, 0.25) is 0 Å². The number of allylic oxidation sites excluding steroid dienone is 16. The second kappa shape index (κ2) is 44.8. The van der Waals surface area contributed by atoms with E-state index in [1.807, 2.05) is 0 Å². The number of ether oxygens (including phenoxy) is 3. The van der Waals surface area contributed by atoms with E-state index in [0.29, 0.717) is 12.8 Å². The largest absolute Gasteiger partial charge is 0.544 e. The van der Waals surface area contributed by atoms with Crippen LogP contribution in [0.15, 0.2) is 97.2 Å². The Morgan fingerprint density at radius 1 is 0.476 bits per heavy atom. The first-order valence-electron chi connectivity index (χ1n) is 24.8. The summed E-state index contributed by atoms with van der Waals surface area (Å²) in [5, 5.41) is 11.7. The van der Waals surface area contributed by atoms with Gasteiger partial charge in [-0.15, -0.1) is 0 Å². The zero-order valence-corrected chi connectivity index (χ0v) is 40.7. The number of nitrogens with zero attached hydrogens (tertiary/aromatic N) is 1. The molecule has 0 amide bonds. The summed E-state index contributed by atoms with van der Waals surface area (Å²) < 4.78 is 17.2. The molecule has 0 aromatic rings. The van der Waals surface area contributed by atoms with Crippen LogP contribution >= 0.6 is 0 Å². The molecule has 0 saturated heterocycles. The second-order valence-electron chi connectivity index (χ2n) is 17.3. The number of likely N-dealkylation sites (N-methyl/N-ethyl adjacent to an activating group) is 1. The maximum Gasteiger partial charge on any atom is 0.306 e. The van der Waals surface area contributed by atoms with Gasteiger partial charge in [0.05, 0.1) is 40.3 Å². The highest BCUT2D eigenvalue weighted by Gasteiger charge is 2.25. The molecule has 2 unspecified atom stereocenters. The number of esters is 2. The number of carboxylic acids is 1. The summed E-state index contributed by atoms with van der Waals surface area (Å²) in [5.74, 6) is -1.78. The molecule has 0 saturated carbocycles. The Kier molecular flexibility index (Phi) is 42.2. The molecule has 0 fully saturated rings. The van der Waals surface area contributed by atoms with E-state index in [1.165, 1.54) is 32.1 Å². The monoisotopic (exact) mass is 878 g/mol. The summed E-state index contributed by atoms with van der Waals surface area (Å²) in [4.78, 5) is 37.0. The molecule has 0 aromatic heterocycles. The Morgan fingerprint density at radius 2 is 0.841 bits per heavy atom. The van der Waals surface area contributed by atoms with Crippen LogP contribution in [0, 0.1) is 0 Å². The van der Waals surface area contributed by atoms with Crippen LogP contribution in [0.3, 0.4) is 0 Å². The van der Waals surface area contributed by atoms with Crippen LogP contribution in [-0.4, -0.2) is 75.5 Å². The Labute approximate surface area is 386 Å². The van der Waals surface area contributed by atoms with Gasteiger partial charge in [-0.2, -0.15) is 0 Å². The van der Waals surface area contributed by atoms with Crippen LogP contribution in [0.4, 0.5) is 0 Å². The lowest BCUT2D eigenvalue weighted by Gasteiger charge is -2.34. The number of rotatable bonds is 43. The van der Waals surface area contributed by atoms with Crippen molar-refractivity contribution in [3.8, 4) is 0 Å². The van der Waals surface area contributed by atoms with E-state index in [2.05, 4.69) is 111 Å². The van der Waals surface area contributed by atoms with Crippen molar-refractivity contribution in [1.82, 2.24) is 0 Å². The first-order chi connectivity index (χ1) is 30.6. The van der Waals surface area contributed by atoms with E-state index in [1.54, 1.807) is 21.1 Å². The minimum absolute atomic E-state index is 0.0256. The molecular formula is C55H91NO7. The predicted molar refractivity (Wildman–Crippen MR) is 263 cm³/mol. The van der Waals surface area contributed by atoms with E-state index >= 15 is 0 Å². The Bertz CT molecular complexity index is 1350. The van der Waals surface area contributed by atoms with Gasteiger partial charge >= 0.3 is 11.9 Å². The second-order valence-corrected chi connectivity index (χ2v) is 17.3. The molecule has 0 spiro atoms. The lowest BCUT2D eigenvalue weighted by molar-refractivity contribution is -0.889. The molecule has 0 bridgehead atoms. The average Bonchev–Trinajstić information content (AvgIpc) is 3.24. The van der Waals surface area contributed by atoms with E-state index in [-0.39, 0.29) is 42.7 Å². The van der Waals surface area contributed by atoms with E-state index < -0.39 is 18.1 Å². The fourth-order valence-corrected chi connectivity index (χ4v) is 6.70. The zero-order valence-electron chi connectivity index (χ0n) is 40.7. The summed E-state index contributed by atoms with van der Waals surface area (Å²) in [6, 6.07) is -0.736. The van der Waals surface area contributed by atoms with Gasteiger partial charge in [0, 0.05) is 19.3 Å². The van der Waals surface area contributed by atoms with Crippen molar-refractivity contribution in [2.45, 2.75) is 193 Å². The highest BCUT2D eigenvalue weighted by atomic mass is 16.6. The molecule has 2 atom stereocenters. The lowest BCUT2D eigenvalue weighted by Crippen LogP contribution is -2.55. The molecule has 63 heavy (non-hydrogen) atoms. The molecule has 0 heterocycles. The quantitative estimate of drug-likeness (QED) is 0.0260. The van der Waals surface area contributed by atoms with Crippen molar-refractivity contribution >= 4 is 17.9 Å². The third-order valence-electron chi connectivity index (χ3n) is 10.5. The Morgan fingerprint density at radius 3 is 1.24 bits per heavy atom. The molecule has 0 N–H and O–H groups in total. The molecule has 8 nitrogen and oxygen atoms in total. The molecule has 0 radical (unpaired) electrons. The highest BCUT2D eigenvalue weighted by Crippen LogP contribution is 2.14. The minimum atomic E-state index is -1.13. The summed E-state index contributed by atoms with van der Waals surface area (Å²) >= 11 is 0. The van der Waals surface area contributed by atoms with Crippen LogP contribution in [0.25, 0.3) is 0 Å². The first-order valence-corrected chi connectivity index (χ1v) is 24.8. The fourth-order valence-electron chi connectivity index (χ4n) is 6.70. The van der Waals surface area contributed by atoms with Gasteiger partial charge in [0.2, 0.25) is 0 Å². The Hall–Kier alpha value is -3.75. The molecule has 8 heteroatoms. The normalized spacial score (nSPS) is 13.7. The smallest absolute Gasteiger partial charge is 0.306 e. The summed E-state index contributed by atoms with van der Waals surface area (Å²) in [7, 11) is 5.40. The molecule has 0 aliphatic carbocycles. The van der Waals surface area contributed by atoms with Crippen molar-refractivity contribution in [2.75, 3.05) is 41.0 Å². The number of carbonyl (C=O) groups is 3. The van der Waals surface area contributed by atoms with Crippen molar-refractivity contribution in [1.29, 1.82) is 0 Å². The summed E-state index contributed by atoms with van der Waals surface area (Å²) in [6.07, 6.45) is 60.0. The van der Waals surface area contributed by atoms with E-state index in [4.69, 9.17) is 14.2 Å². The van der Waals surface area contributed by atoms with Gasteiger partial charge < -0.3 is 28.6 Å². The highest BCUT2D eigenvalue weighted by molar-refractivity contribution is 5.70. The SMILES string of the molecule is CC/C=C/C/C=C/C/C=C/C/C=C/CCCCCCCCCC(=O)OC(COCCC(C(=O)[O-])[N+](C)(C)C)COC(=O)CCCCCCCC/C=C/C/C=C/C/C=C/C/C=C/CC. The number of hydrogen-bond donors (Lipinski definition) is 0. The first kappa shape index (κ1) is 59.2.